The van der Waals surface area contributed by atoms with E-state index in [0.29, 0.717) is 6.42 Å². The van der Waals surface area contributed by atoms with Crippen molar-refractivity contribution in [1.82, 2.24) is 0 Å². The SMILES string of the molecule is CC/C=C\C/C=C\C/C=C\CCCCCCCC(=O)C(O)[C@H](COP(=O)(O)OCCN)OO. The zero-order valence-corrected chi connectivity index (χ0v) is 20.6. The van der Waals surface area contributed by atoms with Crippen molar-refractivity contribution in [2.45, 2.75) is 83.3 Å². The van der Waals surface area contributed by atoms with E-state index in [1.165, 1.54) is 0 Å². The molecule has 0 aromatic carbocycles. The van der Waals surface area contributed by atoms with Crippen LogP contribution in [-0.4, -0.2) is 53.0 Å². The molecule has 0 rings (SSSR count). The molecule has 0 radical (unpaired) electrons. The van der Waals surface area contributed by atoms with E-state index in [-0.39, 0.29) is 19.6 Å². The largest absolute Gasteiger partial charge is 0.472 e. The van der Waals surface area contributed by atoms with E-state index in [1.54, 1.807) is 0 Å². The highest BCUT2D eigenvalue weighted by Gasteiger charge is 2.31. The maximum Gasteiger partial charge on any atom is 0.472 e. The summed E-state index contributed by atoms with van der Waals surface area (Å²) >= 11 is 0. The number of rotatable bonds is 22. The molecule has 0 aromatic heterocycles. The van der Waals surface area contributed by atoms with Crippen LogP contribution in [0.3, 0.4) is 0 Å². The van der Waals surface area contributed by atoms with E-state index in [1.807, 2.05) is 0 Å². The summed E-state index contributed by atoms with van der Waals surface area (Å²) in [5.74, 6) is -0.533. The van der Waals surface area contributed by atoms with Gasteiger partial charge in [0.15, 0.2) is 5.78 Å². The summed E-state index contributed by atoms with van der Waals surface area (Å²) in [7, 11) is -4.40. The molecule has 5 N–H and O–H groups in total. The number of allylic oxidation sites excluding steroid dienone is 6. The van der Waals surface area contributed by atoms with E-state index in [2.05, 4.69) is 57.3 Å². The molecule has 0 fully saturated rings. The molecule has 0 bridgehead atoms. The zero-order chi connectivity index (χ0) is 24.8. The molecule has 0 aromatic rings. The van der Waals surface area contributed by atoms with Crippen LogP contribution in [0.25, 0.3) is 0 Å². The topological polar surface area (TPSA) is 149 Å². The Hall–Kier alpha value is -1.16. The molecule has 0 aliphatic rings. The summed E-state index contributed by atoms with van der Waals surface area (Å²) in [6, 6.07) is 0. The molecule has 0 saturated heterocycles. The zero-order valence-electron chi connectivity index (χ0n) is 19.7. The number of carbonyl (C=O) groups excluding carboxylic acids is 1. The number of aliphatic hydroxyl groups is 1. The van der Waals surface area contributed by atoms with E-state index >= 15 is 0 Å². The Balaban J connectivity index is 3.88. The molecule has 192 valence electrons. The van der Waals surface area contributed by atoms with E-state index in [0.717, 1.165) is 51.4 Å². The second kappa shape index (κ2) is 21.4. The van der Waals surface area contributed by atoms with Gasteiger partial charge in [0, 0.05) is 13.0 Å². The first-order valence-corrected chi connectivity index (χ1v) is 13.1. The van der Waals surface area contributed by atoms with Crippen molar-refractivity contribution in [1.29, 1.82) is 0 Å². The smallest absolute Gasteiger partial charge is 0.382 e. The van der Waals surface area contributed by atoms with Crippen LogP contribution >= 0.6 is 7.82 Å². The van der Waals surface area contributed by atoms with Crippen molar-refractivity contribution in [2.75, 3.05) is 19.8 Å². The van der Waals surface area contributed by atoms with Gasteiger partial charge in [-0.25, -0.2) is 9.45 Å². The minimum Gasteiger partial charge on any atom is -0.382 e. The third-order valence-electron chi connectivity index (χ3n) is 4.67. The molecule has 9 nitrogen and oxygen atoms in total. The van der Waals surface area contributed by atoms with Crippen LogP contribution in [-0.2, 0) is 23.3 Å². The van der Waals surface area contributed by atoms with Gasteiger partial charge in [-0.1, -0.05) is 62.6 Å². The average molecular weight is 492 g/mol. The highest BCUT2D eigenvalue weighted by atomic mass is 31.2. The lowest BCUT2D eigenvalue weighted by Crippen LogP contribution is -2.38. The summed E-state index contributed by atoms with van der Waals surface area (Å²) in [6.07, 6.45) is 18.6. The Bertz CT molecular complexity index is 624. The highest BCUT2D eigenvalue weighted by Crippen LogP contribution is 2.43. The molecule has 0 aliphatic heterocycles. The molecule has 0 amide bonds. The minimum absolute atomic E-state index is 0.0146. The predicted octanol–water partition coefficient (Wildman–Crippen LogP) is 4.46. The molecule has 0 saturated carbocycles. The van der Waals surface area contributed by atoms with E-state index in [9.17, 15) is 19.4 Å². The Morgan fingerprint density at radius 3 is 2.21 bits per heavy atom. The van der Waals surface area contributed by atoms with Gasteiger partial charge in [0.25, 0.3) is 0 Å². The normalized spacial score (nSPS) is 16.0. The van der Waals surface area contributed by atoms with Gasteiger partial charge in [0.2, 0.25) is 0 Å². The van der Waals surface area contributed by atoms with Crippen LogP contribution in [0.1, 0.15) is 71.1 Å². The fraction of sp³-hybridized carbons (Fsp3) is 0.696. The third kappa shape index (κ3) is 18.9. The van der Waals surface area contributed by atoms with Crippen molar-refractivity contribution in [3.8, 4) is 0 Å². The molecule has 0 heterocycles. The molecule has 10 heteroatoms. The lowest BCUT2D eigenvalue weighted by Gasteiger charge is -2.20. The Morgan fingerprint density at radius 2 is 1.58 bits per heavy atom. The molecule has 33 heavy (non-hydrogen) atoms. The van der Waals surface area contributed by atoms with Crippen LogP contribution < -0.4 is 5.73 Å². The first-order valence-electron chi connectivity index (χ1n) is 11.7. The number of Topliss-reactive ketones (excluding diaryl/α,β-unsaturated/α-hetero) is 1. The number of aliphatic hydroxyl groups excluding tert-OH is 1. The summed E-state index contributed by atoms with van der Waals surface area (Å²) in [5.41, 5.74) is 5.17. The summed E-state index contributed by atoms with van der Waals surface area (Å²) in [6.45, 7) is 1.24. The van der Waals surface area contributed by atoms with Gasteiger partial charge in [-0.3, -0.25) is 19.1 Å². The van der Waals surface area contributed by atoms with Gasteiger partial charge in [-0.15, -0.1) is 0 Å². The number of nitrogens with two attached hydrogens (primary N) is 1. The summed E-state index contributed by atoms with van der Waals surface area (Å²) in [4.78, 5) is 25.5. The number of hydrogen-bond donors (Lipinski definition) is 4. The number of unbranched alkanes of at least 4 members (excludes halogenated alkanes) is 5. The maximum atomic E-state index is 12.1. The van der Waals surface area contributed by atoms with Gasteiger partial charge in [-0.05, 0) is 38.5 Å². The predicted molar refractivity (Wildman–Crippen MR) is 129 cm³/mol. The van der Waals surface area contributed by atoms with Gasteiger partial charge in [0.1, 0.15) is 12.2 Å². The van der Waals surface area contributed by atoms with Crippen LogP contribution in [0.4, 0.5) is 0 Å². The van der Waals surface area contributed by atoms with Gasteiger partial charge in [0.05, 0.1) is 13.2 Å². The number of ketones is 1. The maximum absolute atomic E-state index is 12.1. The van der Waals surface area contributed by atoms with Crippen LogP contribution in [0.2, 0.25) is 0 Å². The van der Waals surface area contributed by atoms with E-state index < -0.39 is 32.4 Å². The fourth-order valence-corrected chi connectivity index (χ4v) is 3.57. The van der Waals surface area contributed by atoms with Crippen molar-refractivity contribution in [2.24, 2.45) is 5.73 Å². The second-order valence-corrected chi connectivity index (χ2v) is 9.00. The van der Waals surface area contributed by atoms with Gasteiger partial charge in [-0.2, -0.15) is 0 Å². The first kappa shape index (κ1) is 31.8. The molecule has 2 unspecified atom stereocenters. The fourth-order valence-electron chi connectivity index (χ4n) is 2.83. The standard InChI is InChI=1S/C23H42NO8P/c1-2-3-4-5-6-7-8-9-10-11-12-13-14-15-16-17-21(25)23(26)22(32-27)20-31-33(28,29)30-19-18-24/h3-4,6-7,9-10,22-23,26-27H,2,5,8,11-20,24H2,1H3,(H,28,29)/b4-3-,7-6-,10-9-/t22-,23?/m0/s1. The van der Waals surface area contributed by atoms with Crippen molar-refractivity contribution >= 4 is 13.6 Å². The lowest BCUT2D eigenvalue weighted by atomic mass is 10.0. The van der Waals surface area contributed by atoms with Crippen LogP contribution in [0.5, 0.6) is 0 Å². The Kier molecular flexibility index (Phi) is 20.6. The van der Waals surface area contributed by atoms with Crippen LogP contribution in [0, 0.1) is 0 Å². The van der Waals surface area contributed by atoms with E-state index in [4.69, 9.17) is 11.0 Å². The molecule has 0 aliphatic carbocycles. The third-order valence-corrected chi connectivity index (χ3v) is 5.65. The van der Waals surface area contributed by atoms with Gasteiger partial charge < -0.3 is 15.7 Å². The number of phosphoric acid groups is 1. The Morgan fingerprint density at radius 1 is 0.970 bits per heavy atom. The summed E-state index contributed by atoms with van der Waals surface area (Å²) in [5, 5.41) is 18.9. The monoisotopic (exact) mass is 491 g/mol. The molecular formula is C23H42NO8P. The lowest BCUT2D eigenvalue weighted by molar-refractivity contribution is -0.298. The van der Waals surface area contributed by atoms with Gasteiger partial charge >= 0.3 is 7.82 Å². The number of phosphoric ester groups is 1. The molecule has 0 spiro atoms. The van der Waals surface area contributed by atoms with Crippen molar-refractivity contribution in [3.63, 3.8) is 0 Å². The first-order chi connectivity index (χ1) is 15.9. The quantitative estimate of drug-likeness (QED) is 0.0566. The summed E-state index contributed by atoms with van der Waals surface area (Å²) < 4.78 is 20.7. The molecule has 3 atom stereocenters. The Labute approximate surface area is 197 Å². The highest BCUT2D eigenvalue weighted by molar-refractivity contribution is 7.47. The average Bonchev–Trinajstić information content (AvgIpc) is 2.80. The minimum atomic E-state index is -4.40. The van der Waals surface area contributed by atoms with Crippen molar-refractivity contribution < 1.29 is 38.6 Å². The number of hydrogen-bond acceptors (Lipinski definition) is 8. The molecular weight excluding hydrogens is 449 g/mol. The van der Waals surface area contributed by atoms with Crippen molar-refractivity contribution in [3.05, 3.63) is 36.5 Å². The van der Waals surface area contributed by atoms with Crippen LogP contribution in [0.15, 0.2) is 36.5 Å². The second-order valence-electron chi connectivity index (χ2n) is 7.54. The number of carbonyl (C=O) groups is 1.